The molecule has 204 valence electrons. The topological polar surface area (TPSA) is 117 Å². The van der Waals surface area contributed by atoms with E-state index in [9.17, 15) is 5.11 Å². The van der Waals surface area contributed by atoms with Crippen LogP contribution < -0.4 is 4.74 Å². The van der Waals surface area contributed by atoms with Crippen LogP contribution in [0.2, 0.25) is 5.02 Å². The number of benzene rings is 1. The van der Waals surface area contributed by atoms with Crippen LogP contribution in [0.3, 0.4) is 0 Å². The summed E-state index contributed by atoms with van der Waals surface area (Å²) in [6.45, 7) is 0.861. The Labute approximate surface area is 228 Å². The first-order valence-electron chi connectivity index (χ1n) is 12.9. The standard InChI is InChI=1S/C27H27ClFN5O5/c1-36-12-34-9-16(8-30-34)15-4-13-2-3-14(23(13)18(29)5-15)6-19-17(28)7-20-26(31-19)33-27(32-20)39-22-11-38-24-21(35)10-37-25(22)24/h4-5,7-9,14,21-22,24-25,35H,2-3,6,10-12H2,1H3,(H,31,32,33)/t14-,21-,22-,24-,25-/m1/s1. The van der Waals surface area contributed by atoms with Crippen molar-refractivity contribution in [2.45, 2.75) is 56.3 Å². The lowest BCUT2D eigenvalue weighted by Crippen LogP contribution is -2.34. The number of aryl methyl sites for hydroxylation is 1. The number of halogens is 2. The van der Waals surface area contributed by atoms with Crippen molar-refractivity contribution in [2.24, 2.45) is 0 Å². The summed E-state index contributed by atoms with van der Waals surface area (Å²) in [6, 6.07) is 5.68. The Hall–Kier alpha value is -3.09. The largest absolute Gasteiger partial charge is 0.456 e. The number of H-pyrrole nitrogens is 1. The zero-order chi connectivity index (χ0) is 26.7. The van der Waals surface area contributed by atoms with Crippen molar-refractivity contribution < 1.29 is 28.4 Å². The van der Waals surface area contributed by atoms with Crippen LogP contribution in [0.4, 0.5) is 4.39 Å². The molecule has 7 rings (SSSR count). The fourth-order valence-electron chi connectivity index (χ4n) is 5.95. The van der Waals surface area contributed by atoms with Crippen molar-refractivity contribution in [3.8, 4) is 17.1 Å². The highest BCUT2D eigenvalue weighted by Crippen LogP contribution is 2.40. The van der Waals surface area contributed by atoms with Crippen molar-refractivity contribution >= 4 is 22.8 Å². The van der Waals surface area contributed by atoms with Gasteiger partial charge in [0.15, 0.2) is 11.8 Å². The number of hydrogen-bond donors (Lipinski definition) is 2. The molecule has 5 heterocycles. The second kappa shape index (κ2) is 9.83. The van der Waals surface area contributed by atoms with E-state index in [4.69, 9.17) is 35.5 Å². The van der Waals surface area contributed by atoms with Crippen molar-refractivity contribution in [3.63, 3.8) is 0 Å². The molecule has 0 saturated carbocycles. The molecule has 3 aliphatic rings. The molecule has 1 aromatic carbocycles. The molecule has 5 atom stereocenters. The molecule has 2 aliphatic heterocycles. The highest BCUT2D eigenvalue weighted by atomic mass is 35.5. The van der Waals surface area contributed by atoms with Crippen LogP contribution in [0.25, 0.3) is 22.3 Å². The molecule has 3 aromatic heterocycles. The predicted molar refractivity (Wildman–Crippen MR) is 138 cm³/mol. The highest BCUT2D eigenvalue weighted by molar-refractivity contribution is 6.31. The van der Waals surface area contributed by atoms with Gasteiger partial charge in [0.2, 0.25) is 0 Å². The molecule has 39 heavy (non-hydrogen) atoms. The average Bonchev–Trinajstić information content (AvgIpc) is 3.72. The van der Waals surface area contributed by atoms with Gasteiger partial charge in [-0.05, 0) is 54.0 Å². The number of ether oxygens (including phenoxy) is 4. The molecule has 1 aliphatic carbocycles. The Kier molecular flexibility index (Phi) is 6.28. The third kappa shape index (κ3) is 4.48. The monoisotopic (exact) mass is 555 g/mol. The molecule has 0 spiro atoms. The minimum atomic E-state index is -0.653. The summed E-state index contributed by atoms with van der Waals surface area (Å²) in [5.74, 6) is -0.269. The number of aromatic nitrogens is 5. The van der Waals surface area contributed by atoms with E-state index < -0.39 is 12.2 Å². The van der Waals surface area contributed by atoms with E-state index in [1.807, 2.05) is 12.3 Å². The molecule has 2 N–H and O–H groups in total. The van der Waals surface area contributed by atoms with Crippen molar-refractivity contribution in [2.75, 3.05) is 20.3 Å². The number of aliphatic hydroxyl groups excluding tert-OH is 1. The molecule has 0 bridgehead atoms. The SMILES string of the molecule is COCn1cc(-c2cc(F)c3c(c2)CC[C@@H]3Cc2nc3nc(O[C@@H]4CO[C@H]5[C@@H]4OC[C@H]5O)[nH]c3cc2Cl)cn1. The molecule has 2 saturated heterocycles. The Morgan fingerprint density at radius 1 is 1.18 bits per heavy atom. The molecule has 0 unspecified atom stereocenters. The number of nitrogens with one attached hydrogen (secondary N) is 1. The second-order valence-corrected chi connectivity index (χ2v) is 10.7. The van der Waals surface area contributed by atoms with Crippen molar-refractivity contribution in [1.82, 2.24) is 24.7 Å². The van der Waals surface area contributed by atoms with Gasteiger partial charge in [-0.3, -0.25) is 0 Å². The Balaban J connectivity index is 1.10. The van der Waals surface area contributed by atoms with Crippen molar-refractivity contribution in [3.05, 3.63) is 58.3 Å². The second-order valence-electron chi connectivity index (χ2n) is 10.3. The number of aliphatic hydroxyl groups is 1. The number of pyridine rings is 1. The number of hydrogen-bond acceptors (Lipinski definition) is 8. The van der Waals surface area contributed by atoms with Crippen molar-refractivity contribution in [1.29, 1.82) is 0 Å². The lowest BCUT2D eigenvalue weighted by Gasteiger charge is -2.15. The van der Waals surface area contributed by atoms with Gasteiger partial charge in [-0.1, -0.05) is 17.7 Å². The molecular weight excluding hydrogens is 529 g/mol. The maximum atomic E-state index is 15.4. The highest BCUT2D eigenvalue weighted by Gasteiger charge is 2.48. The van der Waals surface area contributed by atoms with E-state index in [0.29, 0.717) is 41.6 Å². The van der Waals surface area contributed by atoms with Gasteiger partial charge in [-0.2, -0.15) is 10.1 Å². The number of aromatic amines is 1. The predicted octanol–water partition coefficient (Wildman–Crippen LogP) is 3.40. The summed E-state index contributed by atoms with van der Waals surface area (Å²) < 4.78 is 39.5. The van der Waals surface area contributed by atoms with Crippen LogP contribution in [0.5, 0.6) is 6.01 Å². The lowest BCUT2D eigenvalue weighted by atomic mass is 9.93. The maximum Gasteiger partial charge on any atom is 0.296 e. The first-order chi connectivity index (χ1) is 19.0. The fraction of sp³-hybridized carbons (Fsp3) is 0.444. The molecule has 12 heteroatoms. The van der Waals surface area contributed by atoms with E-state index in [-0.39, 0.29) is 36.6 Å². The minimum absolute atomic E-state index is 0.0408. The first kappa shape index (κ1) is 24.9. The number of imidazole rings is 1. The summed E-state index contributed by atoms with van der Waals surface area (Å²) in [5.41, 5.74) is 5.13. The summed E-state index contributed by atoms with van der Waals surface area (Å²) in [5, 5.41) is 14.7. The summed E-state index contributed by atoms with van der Waals surface area (Å²) in [4.78, 5) is 12.3. The third-order valence-corrected chi connectivity index (χ3v) is 8.10. The van der Waals surface area contributed by atoms with E-state index in [0.717, 1.165) is 35.1 Å². The van der Waals surface area contributed by atoms with Crippen LogP contribution in [0, 0.1) is 5.82 Å². The number of methoxy groups -OCH3 is 1. The van der Waals surface area contributed by atoms with Crippen LogP contribution in [0.1, 0.15) is 29.2 Å². The van der Waals surface area contributed by atoms with Crippen LogP contribution in [-0.2, 0) is 33.8 Å². The van der Waals surface area contributed by atoms with Crippen LogP contribution >= 0.6 is 11.6 Å². The Morgan fingerprint density at radius 3 is 2.92 bits per heavy atom. The van der Waals surface area contributed by atoms with Gasteiger partial charge in [0.05, 0.1) is 35.6 Å². The van der Waals surface area contributed by atoms with Gasteiger partial charge in [-0.25, -0.2) is 14.1 Å². The third-order valence-electron chi connectivity index (χ3n) is 7.78. The number of fused-ring (bicyclic) bond motifs is 3. The van der Waals surface area contributed by atoms with Gasteiger partial charge < -0.3 is 29.0 Å². The normalized spacial score (nSPS) is 25.9. The van der Waals surface area contributed by atoms with Gasteiger partial charge in [0, 0.05) is 18.9 Å². The molecule has 4 aromatic rings. The minimum Gasteiger partial charge on any atom is -0.456 e. The molecule has 0 radical (unpaired) electrons. The molecule has 10 nitrogen and oxygen atoms in total. The van der Waals surface area contributed by atoms with Gasteiger partial charge in [0.25, 0.3) is 6.01 Å². The zero-order valence-electron chi connectivity index (χ0n) is 21.1. The smallest absolute Gasteiger partial charge is 0.296 e. The number of nitrogens with zero attached hydrogens (tertiary/aromatic N) is 4. The Morgan fingerprint density at radius 2 is 2.05 bits per heavy atom. The first-order valence-corrected chi connectivity index (χ1v) is 13.3. The Bertz CT molecular complexity index is 1540. The van der Waals surface area contributed by atoms with Crippen LogP contribution in [-0.4, -0.2) is 74.6 Å². The average molecular weight is 556 g/mol. The zero-order valence-corrected chi connectivity index (χ0v) is 21.9. The molecular formula is C27H27ClFN5O5. The number of rotatable bonds is 7. The van der Waals surface area contributed by atoms with Gasteiger partial charge in [-0.15, -0.1) is 0 Å². The summed E-state index contributed by atoms with van der Waals surface area (Å²) in [7, 11) is 1.60. The van der Waals surface area contributed by atoms with E-state index in [2.05, 4.69) is 15.1 Å². The van der Waals surface area contributed by atoms with Gasteiger partial charge >= 0.3 is 0 Å². The van der Waals surface area contributed by atoms with Gasteiger partial charge in [0.1, 0.15) is 30.9 Å². The maximum absolute atomic E-state index is 15.4. The van der Waals surface area contributed by atoms with E-state index in [1.54, 1.807) is 30.1 Å². The lowest BCUT2D eigenvalue weighted by molar-refractivity contribution is 0.00706. The fourth-order valence-corrected chi connectivity index (χ4v) is 6.18. The van der Waals surface area contributed by atoms with E-state index >= 15 is 4.39 Å². The summed E-state index contributed by atoms with van der Waals surface area (Å²) in [6.07, 6.45) is 3.87. The van der Waals surface area contributed by atoms with Crippen LogP contribution in [0.15, 0.2) is 30.6 Å². The molecule has 0 amide bonds. The molecule has 2 fully saturated rings. The van der Waals surface area contributed by atoms with E-state index in [1.165, 1.54) is 0 Å². The quantitative estimate of drug-likeness (QED) is 0.356. The summed E-state index contributed by atoms with van der Waals surface area (Å²) >= 11 is 6.62.